The lowest BCUT2D eigenvalue weighted by Gasteiger charge is -2.39. The van der Waals surface area contributed by atoms with Crippen molar-refractivity contribution < 1.29 is 14.3 Å². The fourth-order valence-corrected chi connectivity index (χ4v) is 3.62. The van der Waals surface area contributed by atoms with Gasteiger partial charge in [-0.25, -0.2) is 15.2 Å². The molecule has 10 nitrogen and oxygen atoms in total. The number of nitriles is 1. The first kappa shape index (κ1) is 28.2. The molecule has 0 aliphatic carbocycles. The van der Waals surface area contributed by atoms with Crippen LogP contribution in [0.3, 0.4) is 0 Å². The van der Waals surface area contributed by atoms with Gasteiger partial charge in [0.2, 0.25) is 5.82 Å². The Balaban J connectivity index is 1.85. The minimum atomic E-state index is -0.660. The highest BCUT2D eigenvalue weighted by Gasteiger charge is 2.27. The highest BCUT2D eigenvalue weighted by molar-refractivity contribution is 5.70. The number of hydrazine groups is 1. The lowest BCUT2D eigenvalue weighted by Crippen LogP contribution is -2.49. The molecule has 35 heavy (non-hydrogen) atoms. The normalized spacial score (nSPS) is 14.9. The van der Waals surface area contributed by atoms with Crippen molar-refractivity contribution in [3.8, 4) is 6.07 Å². The van der Waals surface area contributed by atoms with E-state index in [0.29, 0.717) is 24.7 Å². The minimum Gasteiger partial charge on any atom is -0.474 e. The molecule has 1 aliphatic heterocycles. The van der Waals surface area contributed by atoms with Gasteiger partial charge in [-0.3, -0.25) is 9.91 Å². The minimum absolute atomic E-state index is 0.0420. The SMILES string of the molecule is C=C(OC(C)(C)C)N1CCN(CCC(C)(C)OC(=O)NN(CC(C)C)c2ccnc(C#N)n2)CC1. The number of carbonyl (C=O) groups excluding carboxylic acids is 1. The highest BCUT2D eigenvalue weighted by atomic mass is 16.6. The molecule has 0 spiro atoms. The van der Waals surface area contributed by atoms with Crippen molar-refractivity contribution >= 4 is 11.9 Å². The maximum Gasteiger partial charge on any atom is 0.426 e. The van der Waals surface area contributed by atoms with E-state index >= 15 is 0 Å². The van der Waals surface area contributed by atoms with E-state index in [4.69, 9.17) is 14.7 Å². The molecule has 10 heteroatoms. The second-order valence-electron chi connectivity index (χ2n) is 10.8. The third-order valence-corrected chi connectivity index (χ3v) is 5.34. The van der Waals surface area contributed by atoms with Crippen LogP contribution in [-0.2, 0) is 9.47 Å². The van der Waals surface area contributed by atoms with E-state index in [2.05, 4.69) is 31.8 Å². The van der Waals surface area contributed by atoms with E-state index in [9.17, 15) is 4.79 Å². The molecule has 1 N–H and O–H groups in total. The van der Waals surface area contributed by atoms with Crippen LogP contribution in [0.15, 0.2) is 24.7 Å². The largest absolute Gasteiger partial charge is 0.474 e. The molecule has 0 saturated carbocycles. The third kappa shape index (κ3) is 9.99. The Bertz CT molecular complexity index is 897. The number of hydrogen-bond donors (Lipinski definition) is 1. The summed E-state index contributed by atoms with van der Waals surface area (Å²) in [7, 11) is 0. The average Bonchev–Trinajstić information content (AvgIpc) is 2.76. The van der Waals surface area contributed by atoms with Crippen molar-refractivity contribution in [2.24, 2.45) is 5.92 Å². The van der Waals surface area contributed by atoms with E-state index in [1.807, 2.05) is 54.5 Å². The van der Waals surface area contributed by atoms with Gasteiger partial charge in [0, 0.05) is 51.5 Å². The summed E-state index contributed by atoms with van der Waals surface area (Å²) in [6.45, 7) is 22.8. The van der Waals surface area contributed by atoms with Crippen molar-refractivity contribution in [2.75, 3.05) is 44.3 Å². The van der Waals surface area contributed by atoms with E-state index < -0.39 is 11.7 Å². The molecular weight excluding hydrogens is 446 g/mol. The summed E-state index contributed by atoms with van der Waals surface area (Å²) in [5.41, 5.74) is 1.86. The Labute approximate surface area is 209 Å². The van der Waals surface area contributed by atoms with E-state index in [0.717, 1.165) is 32.7 Å². The first-order valence-corrected chi connectivity index (χ1v) is 12.1. The monoisotopic (exact) mass is 487 g/mol. The van der Waals surface area contributed by atoms with Crippen LogP contribution < -0.4 is 10.4 Å². The van der Waals surface area contributed by atoms with Gasteiger partial charge in [0.05, 0.1) is 0 Å². The summed E-state index contributed by atoms with van der Waals surface area (Å²) in [5.74, 6) is 1.44. The lowest BCUT2D eigenvalue weighted by atomic mass is 10.0. The number of rotatable bonds is 10. The Morgan fingerprint density at radius 2 is 1.89 bits per heavy atom. The zero-order valence-electron chi connectivity index (χ0n) is 22.3. The topological polar surface area (TPSA) is 107 Å². The number of piperazine rings is 1. The third-order valence-electron chi connectivity index (χ3n) is 5.34. The van der Waals surface area contributed by atoms with Crippen molar-refractivity contribution in [1.82, 2.24) is 25.2 Å². The van der Waals surface area contributed by atoms with Gasteiger partial charge in [-0.05, 0) is 53.5 Å². The second kappa shape index (κ2) is 12.1. The molecule has 1 aliphatic rings. The molecule has 0 bridgehead atoms. The summed E-state index contributed by atoms with van der Waals surface area (Å²) < 4.78 is 11.7. The van der Waals surface area contributed by atoms with Gasteiger partial charge in [-0.15, -0.1) is 0 Å². The molecule has 0 radical (unpaired) electrons. The highest BCUT2D eigenvalue weighted by Crippen LogP contribution is 2.20. The first-order chi connectivity index (χ1) is 16.3. The Hall–Kier alpha value is -3.06. The lowest BCUT2D eigenvalue weighted by molar-refractivity contribution is -0.0143. The van der Waals surface area contributed by atoms with Gasteiger partial charge in [-0.1, -0.05) is 13.8 Å². The van der Waals surface area contributed by atoms with Gasteiger partial charge < -0.3 is 14.4 Å². The molecule has 1 aromatic rings. The number of hydrogen-bond acceptors (Lipinski definition) is 9. The van der Waals surface area contributed by atoms with Crippen LogP contribution in [0.5, 0.6) is 0 Å². The Kier molecular flexibility index (Phi) is 9.72. The zero-order valence-corrected chi connectivity index (χ0v) is 22.3. The van der Waals surface area contributed by atoms with Crippen molar-refractivity contribution in [2.45, 2.75) is 66.1 Å². The zero-order chi connectivity index (χ0) is 26.2. The van der Waals surface area contributed by atoms with Crippen molar-refractivity contribution in [3.05, 3.63) is 30.5 Å². The molecular formula is C25H41N7O3. The van der Waals surface area contributed by atoms with Crippen LogP contribution in [0.1, 0.15) is 60.7 Å². The number of aromatic nitrogens is 2. The van der Waals surface area contributed by atoms with Crippen molar-refractivity contribution in [1.29, 1.82) is 5.26 Å². The molecule has 1 aromatic heterocycles. The summed E-state index contributed by atoms with van der Waals surface area (Å²) >= 11 is 0. The summed E-state index contributed by atoms with van der Waals surface area (Å²) in [6, 6.07) is 3.57. The molecule has 0 atom stereocenters. The maximum absolute atomic E-state index is 12.7. The molecule has 1 amide bonds. The number of ether oxygens (including phenoxy) is 2. The molecule has 0 aromatic carbocycles. The van der Waals surface area contributed by atoms with E-state index in [-0.39, 0.29) is 17.3 Å². The number of carbonyl (C=O) groups is 1. The molecule has 0 unspecified atom stereocenters. The average molecular weight is 488 g/mol. The van der Waals surface area contributed by atoms with E-state index in [1.54, 1.807) is 11.1 Å². The smallest absolute Gasteiger partial charge is 0.426 e. The van der Waals surface area contributed by atoms with Crippen LogP contribution in [0.2, 0.25) is 0 Å². The standard InChI is InChI=1S/C25H41N7O3/c1-19(2)18-32(22-9-11-27-21(17-26)28-22)29-23(33)35-25(7,8)10-12-30-13-15-31(16-14-30)20(3)34-24(4,5)6/h9,11,19H,3,10,12-16,18H2,1-2,4-8H3,(H,29,33). The quantitative estimate of drug-likeness (QED) is 0.392. The number of nitrogens with one attached hydrogen (secondary N) is 1. The van der Waals surface area contributed by atoms with Crippen LogP contribution >= 0.6 is 0 Å². The molecule has 194 valence electrons. The fourth-order valence-electron chi connectivity index (χ4n) is 3.62. The van der Waals surface area contributed by atoms with Gasteiger partial charge >= 0.3 is 6.09 Å². The van der Waals surface area contributed by atoms with Crippen molar-refractivity contribution in [3.63, 3.8) is 0 Å². The molecule has 2 heterocycles. The van der Waals surface area contributed by atoms with Crippen LogP contribution in [0, 0.1) is 17.2 Å². The van der Waals surface area contributed by atoms with Crippen LogP contribution in [0.25, 0.3) is 0 Å². The maximum atomic E-state index is 12.7. The van der Waals surface area contributed by atoms with Crippen LogP contribution in [-0.4, -0.2) is 76.3 Å². The molecule has 2 rings (SSSR count). The predicted octanol–water partition coefficient (Wildman–Crippen LogP) is 3.52. The second-order valence-corrected chi connectivity index (χ2v) is 10.8. The summed E-state index contributed by atoms with van der Waals surface area (Å²) in [6.07, 6.45) is 1.62. The number of amides is 1. The predicted molar refractivity (Wildman–Crippen MR) is 135 cm³/mol. The van der Waals surface area contributed by atoms with Crippen LogP contribution in [0.4, 0.5) is 10.6 Å². The molecule has 1 saturated heterocycles. The summed E-state index contributed by atoms with van der Waals surface area (Å²) in [4.78, 5) is 25.3. The first-order valence-electron chi connectivity index (χ1n) is 12.1. The van der Waals surface area contributed by atoms with E-state index in [1.165, 1.54) is 6.20 Å². The van der Waals surface area contributed by atoms with Gasteiger partial charge in [-0.2, -0.15) is 10.2 Å². The van der Waals surface area contributed by atoms with Gasteiger partial charge in [0.25, 0.3) is 0 Å². The Morgan fingerprint density at radius 3 is 2.46 bits per heavy atom. The summed E-state index contributed by atoms with van der Waals surface area (Å²) in [5, 5.41) is 10.7. The number of nitrogens with zero attached hydrogens (tertiary/aromatic N) is 6. The Morgan fingerprint density at radius 1 is 1.23 bits per heavy atom. The fraction of sp³-hybridized carbons (Fsp3) is 0.680. The van der Waals surface area contributed by atoms with Gasteiger partial charge in [0.15, 0.2) is 11.7 Å². The van der Waals surface area contributed by atoms with Gasteiger partial charge in [0.1, 0.15) is 17.3 Å². The molecule has 1 fully saturated rings. The number of anilines is 1.